The molecule has 6 heterocycles. The number of rotatable bonds is 24. The third-order valence-corrected chi connectivity index (χ3v) is 32.1. The van der Waals surface area contributed by atoms with Gasteiger partial charge < -0.3 is 59.7 Å². The minimum absolute atomic E-state index is 0.00596. The van der Waals surface area contributed by atoms with Gasteiger partial charge in [-0.05, 0) is 211 Å². The zero-order valence-electron chi connectivity index (χ0n) is 76.8. The molecule has 18 aromatic rings. The van der Waals surface area contributed by atoms with Crippen LogP contribution in [0.3, 0.4) is 0 Å². The first-order valence-corrected chi connectivity index (χ1v) is 52.9. The maximum absolute atomic E-state index is 13.8. The van der Waals surface area contributed by atoms with E-state index in [2.05, 4.69) is 0 Å². The van der Waals surface area contributed by atoms with Crippen molar-refractivity contribution in [3.05, 3.63) is 380 Å². The lowest BCUT2D eigenvalue weighted by atomic mass is 10.2. The van der Waals surface area contributed by atoms with Gasteiger partial charge in [-0.25, -0.2) is 96.8 Å². The van der Waals surface area contributed by atoms with Crippen molar-refractivity contribution >= 4 is 160 Å². The molecule has 0 aliphatic carbocycles. The lowest BCUT2D eigenvalue weighted by Crippen LogP contribution is -2.15. The normalized spacial score (nSPS) is 11.6. The van der Waals surface area contributed by atoms with E-state index in [9.17, 15) is 96.8 Å². The van der Waals surface area contributed by atoms with Crippen LogP contribution in [-0.4, -0.2) is 97.8 Å². The van der Waals surface area contributed by atoms with Crippen LogP contribution >= 0.6 is 34.8 Å². The number of benzene rings is 12. The van der Waals surface area contributed by atoms with Gasteiger partial charge in [0.1, 0.15) is 38.8 Å². The highest BCUT2D eigenvalue weighted by atomic mass is 35.5. The Labute approximate surface area is 841 Å². The highest BCUT2D eigenvalue weighted by Gasteiger charge is 2.33. The van der Waals surface area contributed by atoms with Gasteiger partial charge in [0.2, 0.25) is 59.0 Å². The molecule has 6 aromatic heterocycles. The van der Waals surface area contributed by atoms with E-state index in [0.717, 1.165) is 66.7 Å². The van der Waals surface area contributed by atoms with Crippen molar-refractivity contribution in [1.82, 2.24) is 0 Å². The summed E-state index contributed by atoms with van der Waals surface area (Å²) in [6, 6.07) is 63.8. The number of methoxy groups -OCH3 is 2. The number of sulfone groups is 6. The Balaban J connectivity index is 0.000000147. The van der Waals surface area contributed by atoms with E-state index in [0.29, 0.717) is 106 Å². The number of para-hydroxylation sites is 6. The Morgan fingerprint density at radius 3 is 0.733 bits per heavy atom. The van der Waals surface area contributed by atoms with Gasteiger partial charge in [-0.15, -0.1) is 0 Å². The molecule has 0 saturated carbocycles. The van der Waals surface area contributed by atoms with Crippen LogP contribution in [0.4, 0.5) is 17.6 Å². The molecule has 18 rings (SSSR count). The average Bonchev–Trinajstić information content (AvgIpc) is 0.780. The maximum Gasteiger partial charge on any atom is 0.355 e. The minimum Gasteiger partial charge on any atom is -0.494 e. The summed E-state index contributed by atoms with van der Waals surface area (Å²) in [5.74, 6) is -0.763. The van der Waals surface area contributed by atoms with E-state index in [1.54, 1.807) is 148 Å². The van der Waals surface area contributed by atoms with E-state index in [4.69, 9.17) is 94.5 Å². The molecule has 0 spiro atoms. The lowest BCUT2D eigenvalue weighted by molar-refractivity contribution is 0.336. The van der Waals surface area contributed by atoms with Crippen molar-refractivity contribution in [3.8, 4) is 40.2 Å². The van der Waals surface area contributed by atoms with Gasteiger partial charge in [0.25, 0.3) is 0 Å². The molecule has 44 heteroatoms. The van der Waals surface area contributed by atoms with E-state index in [1.807, 2.05) is 13.8 Å². The van der Waals surface area contributed by atoms with Crippen molar-refractivity contribution in [3.63, 3.8) is 0 Å². The van der Waals surface area contributed by atoms with Crippen LogP contribution in [0.1, 0.15) is 34.6 Å². The third-order valence-electron chi connectivity index (χ3n) is 20.7. The van der Waals surface area contributed by atoms with Gasteiger partial charge in [-0.3, -0.25) is 0 Å². The number of halogens is 7. The first kappa shape index (κ1) is 108. The molecule has 0 atom stereocenters. The Morgan fingerprint density at radius 1 is 0.233 bits per heavy atom. The van der Waals surface area contributed by atoms with E-state index in [1.165, 1.54) is 99.1 Å². The molecule has 0 aliphatic heterocycles. The molecule has 146 heavy (non-hydrogen) atoms. The standard InChI is InChI=1S/C19H18O6S.C17H12ClFO5S.C17H13ClO5S.C17H13FO5S.C16H10ClFO5S.C16H11FO5S/c1-3-23-14-8-10-15(11-9-14)26(21,22)17-12-13-6-5-7-16(24-4-2)18(13)25-19(17)20;1-2-23-14-5-3-4-10-8-15(17(20)24-16(10)14)25(21,22)11-6-7-13(19)12(18)9-11;1-2-22-14-8-3-5-11-9-15(17(19)23-16(11)14)24(20,21)13-7-4-6-12(18)10-13;1-2-22-13-8-5-6-11-10-15(17(19)23-16(11)13)24(20,21)14-9-4-3-7-12(14)18;1-22-13-4-2-3-9-7-14(16(19)23-15(9)13)24(20,21)10-5-6-12(18)11(17)8-10;1-21-12-7-4-5-10-9-14(16(18)22-15(10)12)23(19,20)13-8-3-2-6-11(13)17/h5-12H,3-4H2,1-2H3;3-9H,2H2,1H3;2*3-10H,2H2,1H3;2-8H,1H3;2-9H,1H3. The number of hydrogen-bond donors (Lipinski definition) is 0. The summed E-state index contributed by atoms with van der Waals surface area (Å²) >= 11 is 17.1. The van der Waals surface area contributed by atoms with Crippen LogP contribution < -0.4 is 66.9 Å². The minimum atomic E-state index is -4.34. The van der Waals surface area contributed by atoms with Crippen molar-refractivity contribution in [1.29, 1.82) is 0 Å². The molecule has 0 saturated heterocycles. The quantitative estimate of drug-likeness (QED) is 0.0308. The van der Waals surface area contributed by atoms with Crippen LogP contribution in [0.5, 0.6) is 40.2 Å². The van der Waals surface area contributed by atoms with E-state index >= 15 is 0 Å². The fourth-order valence-electron chi connectivity index (χ4n) is 14.0. The molecule has 0 radical (unpaired) electrons. The fraction of sp³-hybridized carbons (Fsp3) is 0.118. The summed E-state index contributed by atoms with van der Waals surface area (Å²) in [6.45, 7) is 11.0. The van der Waals surface area contributed by atoms with Crippen LogP contribution in [0, 0.1) is 23.3 Å². The molecule has 31 nitrogen and oxygen atoms in total. The molecular weight excluding hydrogens is 2100 g/mol. The van der Waals surface area contributed by atoms with E-state index < -0.39 is 155 Å². The molecule has 756 valence electrons. The molecule has 0 amide bonds. The highest BCUT2D eigenvalue weighted by molar-refractivity contribution is 7.93. The smallest absolute Gasteiger partial charge is 0.355 e. The summed E-state index contributed by atoms with van der Waals surface area (Å²) in [7, 11) is -22.4. The van der Waals surface area contributed by atoms with Crippen molar-refractivity contribution in [2.45, 2.75) is 93.4 Å². The lowest BCUT2D eigenvalue weighted by Gasteiger charge is -2.08. The SMILES string of the molecule is CCOc1ccc(S(=O)(=O)c2cc3cccc(OCC)c3oc2=O)cc1.CCOc1cccc2cc(S(=O)(=O)c3ccc(F)c(Cl)c3)c(=O)oc12.CCOc1cccc2cc(S(=O)(=O)c3cccc(Cl)c3)c(=O)oc12.CCOc1cccc2cc(S(=O)(=O)c3ccccc3F)c(=O)oc12.COc1cccc2cc(S(=O)(=O)c3ccc(F)c(Cl)c3)c(=O)oc12.COc1cccc2cc(S(=O)(=O)c3ccccc3F)c(=O)oc12. The number of hydrogen-bond acceptors (Lipinski definition) is 31. The van der Waals surface area contributed by atoms with E-state index in [-0.39, 0.29) is 68.1 Å². The third kappa shape index (κ3) is 23.4. The first-order chi connectivity index (χ1) is 69.5. The van der Waals surface area contributed by atoms with Crippen molar-refractivity contribution in [2.24, 2.45) is 0 Å². The average molecular weight is 2170 g/mol. The molecular formula is C102H77Cl3F4O31S6. The predicted octanol–water partition coefficient (Wildman–Crippen LogP) is 20.3. The van der Waals surface area contributed by atoms with Gasteiger partial charge in [-0.1, -0.05) is 138 Å². The maximum atomic E-state index is 13.8. The molecule has 12 aromatic carbocycles. The molecule has 0 bridgehead atoms. The van der Waals surface area contributed by atoms with Crippen LogP contribution in [0.25, 0.3) is 65.8 Å². The Hall–Kier alpha value is -15.2. The predicted molar refractivity (Wildman–Crippen MR) is 530 cm³/mol. The summed E-state index contributed by atoms with van der Waals surface area (Å²) in [5.41, 5.74) is -5.10. The zero-order valence-corrected chi connectivity index (χ0v) is 84.0. The van der Waals surface area contributed by atoms with Gasteiger partial charge in [0, 0.05) is 37.3 Å². The largest absolute Gasteiger partial charge is 0.494 e. The molecule has 0 fully saturated rings. The van der Waals surface area contributed by atoms with Crippen molar-refractivity contribution in [2.75, 3.05) is 47.3 Å². The molecule has 0 N–H and O–H groups in total. The van der Waals surface area contributed by atoms with Crippen LogP contribution in [0.15, 0.2) is 393 Å². The topological polar surface area (TPSA) is 451 Å². The second-order valence-corrected chi connectivity index (χ2v) is 42.7. The summed E-state index contributed by atoms with van der Waals surface area (Å²) < 4.78 is 274. The fourth-order valence-corrected chi connectivity index (χ4v) is 22.7. The summed E-state index contributed by atoms with van der Waals surface area (Å²) in [5, 5.41) is 1.97. The Bertz CT molecular complexity index is 9250. The van der Waals surface area contributed by atoms with Gasteiger partial charge in [0.05, 0.1) is 76.9 Å². The zero-order chi connectivity index (χ0) is 106. The summed E-state index contributed by atoms with van der Waals surface area (Å²) in [6.07, 6.45) is 0. The second kappa shape index (κ2) is 45.8. The highest BCUT2D eigenvalue weighted by Crippen LogP contribution is 2.38. The van der Waals surface area contributed by atoms with Crippen LogP contribution in [-0.2, 0) is 59.0 Å². The second-order valence-electron chi connectivity index (χ2n) is 30.0. The number of fused-ring (bicyclic) bond motifs is 6. The first-order valence-electron chi connectivity index (χ1n) is 42.9. The van der Waals surface area contributed by atoms with Gasteiger partial charge >= 0.3 is 33.8 Å². The Kier molecular flexibility index (Phi) is 33.9. The number of ether oxygens (including phenoxy) is 7. The van der Waals surface area contributed by atoms with Crippen LogP contribution in [0.2, 0.25) is 15.1 Å². The monoisotopic (exact) mass is 2170 g/mol. The molecule has 0 aliphatic rings. The van der Waals surface area contributed by atoms with Gasteiger partial charge in [-0.2, -0.15) is 0 Å². The Morgan fingerprint density at radius 2 is 0.473 bits per heavy atom. The van der Waals surface area contributed by atoms with Gasteiger partial charge in [0.15, 0.2) is 97.4 Å². The van der Waals surface area contributed by atoms with Crippen molar-refractivity contribution < 1.29 is 128 Å². The molecule has 0 unspecified atom stereocenters. The summed E-state index contributed by atoms with van der Waals surface area (Å²) in [4.78, 5) is 68.3.